The summed E-state index contributed by atoms with van der Waals surface area (Å²) in [5.41, 5.74) is 7.40. The van der Waals surface area contributed by atoms with Crippen molar-refractivity contribution in [3.05, 3.63) is 48.0 Å². The highest BCUT2D eigenvalue weighted by molar-refractivity contribution is 5.83. The normalized spacial score (nSPS) is 17.9. The maximum Gasteiger partial charge on any atom is 0.0663 e. The van der Waals surface area contributed by atoms with Crippen molar-refractivity contribution in [2.24, 2.45) is 5.73 Å². The minimum atomic E-state index is -0.0230. The molecule has 100 valence electrons. The van der Waals surface area contributed by atoms with Gasteiger partial charge in [-0.05, 0) is 35.2 Å². The Hall–Kier alpha value is -1.38. The van der Waals surface area contributed by atoms with E-state index >= 15 is 0 Å². The highest BCUT2D eigenvalue weighted by Gasteiger charge is 2.17. The Kier molecular flexibility index (Phi) is 3.81. The summed E-state index contributed by atoms with van der Waals surface area (Å²) in [6.45, 7) is 0.628. The van der Waals surface area contributed by atoms with Crippen LogP contribution in [0.5, 0.6) is 0 Å². The van der Waals surface area contributed by atoms with Crippen molar-refractivity contribution >= 4 is 10.8 Å². The molecule has 1 aliphatic carbocycles. The number of nitrogens with two attached hydrogens (primary N) is 1. The smallest absolute Gasteiger partial charge is 0.0663 e. The van der Waals surface area contributed by atoms with Gasteiger partial charge in [0.05, 0.1) is 18.8 Å². The average Bonchev–Trinajstić information content (AvgIpc) is 2.97. The van der Waals surface area contributed by atoms with Crippen molar-refractivity contribution in [2.45, 2.75) is 37.8 Å². The van der Waals surface area contributed by atoms with Gasteiger partial charge >= 0.3 is 0 Å². The van der Waals surface area contributed by atoms with Crippen molar-refractivity contribution < 1.29 is 4.74 Å². The first kappa shape index (κ1) is 12.6. The Morgan fingerprint density at radius 3 is 2.58 bits per heavy atom. The second-order valence-electron chi connectivity index (χ2n) is 5.45. The van der Waals surface area contributed by atoms with Crippen molar-refractivity contribution in [3.8, 4) is 0 Å². The lowest BCUT2D eigenvalue weighted by Crippen LogP contribution is -2.20. The molecule has 2 N–H and O–H groups in total. The van der Waals surface area contributed by atoms with E-state index < -0.39 is 0 Å². The van der Waals surface area contributed by atoms with Crippen LogP contribution in [0.25, 0.3) is 10.8 Å². The average molecular weight is 255 g/mol. The summed E-state index contributed by atoms with van der Waals surface area (Å²) >= 11 is 0. The molecule has 2 nitrogen and oxygen atoms in total. The molecule has 0 spiro atoms. The van der Waals surface area contributed by atoms with Crippen LogP contribution in [0.1, 0.15) is 37.3 Å². The van der Waals surface area contributed by atoms with E-state index in [1.807, 2.05) is 0 Å². The lowest BCUT2D eigenvalue weighted by atomic mass is 10.0. The fraction of sp³-hybridized carbons (Fsp3) is 0.412. The number of hydrogen-bond acceptors (Lipinski definition) is 2. The summed E-state index contributed by atoms with van der Waals surface area (Å²) < 4.78 is 5.91. The van der Waals surface area contributed by atoms with Crippen LogP contribution in [0.3, 0.4) is 0 Å². The van der Waals surface area contributed by atoms with E-state index in [-0.39, 0.29) is 6.04 Å². The predicted octanol–water partition coefficient (Wildman–Crippen LogP) is 3.80. The quantitative estimate of drug-likeness (QED) is 0.902. The van der Waals surface area contributed by atoms with Crippen LogP contribution in [0.2, 0.25) is 0 Å². The monoisotopic (exact) mass is 255 g/mol. The Bertz CT molecular complexity index is 546. The molecule has 1 unspecified atom stereocenters. The van der Waals surface area contributed by atoms with E-state index in [1.54, 1.807) is 0 Å². The lowest BCUT2D eigenvalue weighted by molar-refractivity contribution is 0.0489. The number of rotatable bonds is 4. The van der Waals surface area contributed by atoms with Crippen LogP contribution in [0.15, 0.2) is 42.5 Å². The highest BCUT2D eigenvalue weighted by atomic mass is 16.5. The fourth-order valence-corrected chi connectivity index (χ4v) is 2.83. The first-order chi connectivity index (χ1) is 9.33. The zero-order chi connectivity index (χ0) is 13.1. The Morgan fingerprint density at radius 2 is 1.79 bits per heavy atom. The van der Waals surface area contributed by atoms with E-state index in [9.17, 15) is 0 Å². The highest BCUT2D eigenvalue weighted by Crippen LogP contribution is 2.23. The molecule has 19 heavy (non-hydrogen) atoms. The molecule has 3 rings (SSSR count). The second-order valence-corrected chi connectivity index (χ2v) is 5.45. The van der Waals surface area contributed by atoms with E-state index in [2.05, 4.69) is 42.5 Å². The summed E-state index contributed by atoms with van der Waals surface area (Å²) in [6, 6.07) is 14.8. The number of hydrogen-bond donors (Lipinski definition) is 1. The Balaban J connectivity index is 1.68. The lowest BCUT2D eigenvalue weighted by Gasteiger charge is -2.17. The van der Waals surface area contributed by atoms with E-state index in [0.717, 1.165) is 5.56 Å². The number of benzene rings is 2. The molecule has 0 radical (unpaired) electrons. The third-order valence-corrected chi connectivity index (χ3v) is 4.02. The van der Waals surface area contributed by atoms with Gasteiger partial charge in [0, 0.05) is 0 Å². The maximum atomic E-state index is 6.24. The van der Waals surface area contributed by atoms with Gasteiger partial charge in [-0.1, -0.05) is 49.2 Å². The molecule has 2 aromatic rings. The molecular formula is C17H21NO. The Labute approximate surface area is 114 Å². The van der Waals surface area contributed by atoms with Crippen molar-refractivity contribution in [1.82, 2.24) is 0 Å². The summed E-state index contributed by atoms with van der Waals surface area (Å²) in [4.78, 5) is 0. The van der Waals surface area contributed by atoms with Crippen LogP contribution in [-0.4, -0.2) is 12.7 Å². The fourth-order valence-electron chi connectivity index (χ4n) is 2.83. The first-order valence-electron chi connectivity index (χ1n) is 7.19. The molecule has 1 saturated carbocycles. The molecule has 0 bridgehead atoms. The molecule has 2 heteroatoms. The summed E-state index contributed by atoms with van der Waals surface area (Å²) in [7, 11) is 0. The van der Waals surface area contributed by atoms with Crippen LogP contribution in [0, 0.1) is 0 Å². The molecule has 1 fully saturated rings. The molecule has 0 aromatic heterocycles. The van der Waals surface area contributed by atoms with Gasteiger partial charge in [0.2, 0.25) is 0 Å². The standard InChI is InChI=1S/C17H21NO/c18-17(12-19-16-7-3-4-8-16)15-10-9-13-5-1-2-6-14(13)11-15/h1-2,5-6,9-11,16-17H,3-4,7-8,12,18H2. The van der Waals surface area contributed by atoms with E-state index in [0.29, 0.717) is 12.7 Å². The number of ether oxygens (including phenoxy) is 1. The van der Waals surface area contributed by atoms with Gasteiger partial charge in [0.25, 0.3) is 0 Å². The number of fused-ring (bicyclic) bond motifs is 1. The van der Waals surface area contributed by atoms with Gasteiger partial charge in [-0.3, -0.25) is 0 Å². The van der Waals surface area contributed by atoms with Gasteiger partial charge in [-0.25, -0.2) is 0 Å². The van der Waals surface area contributed by atoms with E-state index in [4.69, 9.17) is 10.5 Å². The van der Waals surface area contributed by atoms with Gasteiger partial charge in [0.15, 0.2) is 0 Å². The summed E-state index contributed by atoms with van der Waals surface area (Å²) in [5, 5.41) is 2.51. The summed E-state index contributed by atoms with van der Waals surface area (Å²) in [6.07, 6.45) is 5.44. The third-order valence-electron chi connectivity index (χ3n) is 4.02. The summed E-state index contributed by atoms with van der Waals surface area (Å²) in [5.74, 6) is 0. The second kappa shape index (κ2) is 5.72. The first-order valence-corrected chi connectivity index (χ1v) is 7.19. The minimum absolute atomic E-state index is 0.0230. The third kappa shape index (κ3) is 2.96. The van der Waals surface area contributed by atoms with Crippen molar-refractivity contribution in [2.75, 3.05) is 6.61 Å². The van der Waals surface area contributed by atoms with Crippen molar-refractivity contribution in [3.63, 3.8) is 0 Å². The van der Waals surface area contributed by atoms with Gasteiger partial charge in [-0.2, -0.15) is 0 Å². The molecule has 0 saturated heterocycles. The van der Waals surface area contributed by atoms with Gasteiger partial charge < -0.3 is 10.5 Å². The van der Waals surface area contributed by atoms with Gasteiger partial charge in [-0.15, -0.1) is 0 Å². The zero-order valence-corrected chi connectivity index (χ0v) is 11.2. The SMILES string of the molecule is NC(COC1CCCC1)c1ccc2ccccc2c1. The van der Waals surface area contributed by atoms with E-state index in [1.165, 1.54) is 36.5 Å². The molecule has 0 heterocycles. The molecule has 1 aliphatic rings. The van der Waals surface area contributed by atoms with Crippen LogP contribution < -0.4 is 5.73 Å². The molecule has 0 aliphatic heterocycles. The zero-order valence-electron chi connectivity index (χ0n) is 11.2. The molecule has 2 aromatic carbocycles. The molecule has 0 amide bonds. The minimum Gasteiger partial charge on any atom is -0.376 e. The largest absolute Gasteiger partial charge is 0.376 e. The molecule has 1 atom stereocenters. The van der Waals surface area contributed by atoms with Crippen LogP contribution >= 0.6 is 0 Å². The molecular weight excluding hydrogens is 234 g/mol. The maximum absolute atomic E-state index is 6.24. The predicted molar refractivity (Wildman–Crippen MR) is 79.1 cm³/mol. The van der Waals surface area contributed by atoms with Crippen molar-refractivity contribution in [1.29, 1.82) is 0 Å². The topological polar surface area (TPSA) is 35.2 Å². The van der Waals surface area contributed by atoms with Crippen LogP contribution in [0.4, 0.5) is 0 Å². The Morgan fingerprint density at radius 1 is 1.05 bits per heavy atom. The van der Waals surface area contributed by atoms with Gasteiger partial charge in [0.1, 0.15) is 0 Å². The van der Waals surface area contributed by atoms with Crippen LogP contribution in [-0.2, 0) is 4.74 Å².